The monoisotopic (exact) mass is 286 g/mol. The quantitative estimate of drug-likeness (QED) is 0.598. The van der Waals surface area contributed by atoms with Crippen LogP contribution in [0.25, 0.3) is 0 Å². The minimum atomic E-state index is -2.90. The van der Waals surface area contributed by atoms with E-state index in [4.69, 9.17) is 5.26 Å². The first kappa shape index (κ1) is 13.4. The molecule has 1 saturated heterocycles. The average molecular weight is 286 g/mol. The third kappa shape index (κ3) is 2.84. The van der Waals surface area contributed by atoms with Crippen LogP contribution in [-0.2, 0) is 16.9 Å². The van der Waals surface area contributed by atoms with Crippen LogP contribution < -0.4 is 0 Å². The van der Waals surface area contributed by atoms with E-state index >= 15 is 0 Å². The predicted octanol–water partition coefficient (Wildman–Crippen LogP) is 0.723. The first-order chi connectivity index (χ1) is 8.53. The van der Waals surface area contributed by atoms with E-state index in [0.29, 0.717) is 18.6 Å². The first-order valence-electron chi connectivity index (χ1n) is 5.63. The van der Waals surface area contributed by atoms with Gasteiger partial charge in [0.15, 0.2) is 15.0 Å². The molecule has 2 heterocycles. The summed E-state index contributed by atoms with van der Waals surface area (Å²) in [6.45, 7) is 0. The highest BCUT2D eigenvalue weighted by Crippen LogP contribution is 2.29. The zero-order chi connectivity index (χ0) is 13.2. The fraction of sp³-hybridized carbons (Fsp3) is 0.700. The maximum Gasteiger partial charge on any atom is 0.190 e. The molecule has 0 saturated carbocycles. The molecule has 1 aliphatic heterocycles. The van der Waals surface area contributed by atoms with Crippen LogP contribution in [0, 0.1) is 11.3 Å². The molecule has 1 aliphatic rings. The van der Waals surface area contributed by atoms with E-state index in [2.05, 4.69) is 16.3 Å². The van der Waals surface area contributed by atoms with Crippen molar-refractivity contribution in [3.05, 3.63) is 5.82 Å². The lowest BCUT2D eigenvalue weighted by Gasteiger charge is -2.07. The highest BCUT2D eigenvalue weighted by Gasteiger charge is 2.32. The van der Waals surface area contributed by atoms with Gasteiger partial charge in [-0.05, 0) is 6.42 Å². The molecule has 0 spiro atoms. The summed E-state index contributed by atoms with van der Waals surface area (Å²) in [6.07, 6.45) is 1.09. The third-order valence-corrected chi connectivity index (χ3v) is 5.70. The summed E-state index contributed by atoms with van der Waals surface area (Å²) in [5.41, 5.74) is 0. The Bertz CT molecular complexity index is 573. The van der Waals surface area contributed by atoms with Gasteiger partial charge in [-0.25, -0.2) is 8.42 Å². The van der Waals surface area contributed by atoms with Gasteiger partial charge in [0.1, 0.15) is 5.82 Å². The molecule has 0 bridgehead atoms. The maximum absolute atomic E-state index is 11.4. The van der Waals surface area contributed by atoms with Crippen molar-refractivity contribution in [2.75, 3.05) is 17.3 Å². The molecule has 0 amide bonds. The maximum atomic E-state index is 11.4. The van der Waals surface area contributed by atoms with Gasteiger partial charge in [-0.15, -0.1) is 10.2 Å². The zero-order valence-electron chi connectivity index (χ0n) is 10.0. The molecule has 1 aromatic rings. The van der Waals surface area contributed by atoms with Crippen LogP contribution in [0.1, 0.15) is 24.6 Å². The van der Waals surface area contributed by atoms with Gasteiger partial charge < -0.3 is 4.57 Å². The van der Waals surface area contributed by atoms with Crippen molar-refractivity contribution in [3.63, 3.8) is 0 Å². The zero-order valence-corrected chi connectivity index (χ0v) is 11.7. The van der Waals surface area contributed by atoms with E-state index in [-0.39, 0.29) is 17.4 Å². The third-order valence-electron chi connectivity index (χ3n) is 2.91. The van der Waals surface area contributed by atoms with Crippen LogP contribution in [0.5, 0.6) is 0 Å². The topological polar surface area (TPSA) is 88.6 Å². The van der Waals surface area contributed by atoms with Gasteiger partial charge in [0, 0.05) is 25.1 Å². The second-order valence-electron chi connectivity index (χ2n) is 4.26. The number of hydrogen-bond acceptors (Lipinski definition) is 6. The molecule has 0 aliphatic carbocycles. The smallest absolute Gasteiger partial charge is 0.190 e. The van der Waals surface area contributed by atoms with Gasteiger partial charge in [0.05, 0.1) is 17.6 Å². The van der Waals surface area contributed by atoms with Crippen LogP contribution in [0.4, 0.5) is 0 Å². The van der Waals surface area contributed by atoms with Crippen molar-refractivity contribution in [1.29, 1.82) is 5.26 Å². The van der Waals surface area contributed by atoms with Gasteiger partial charge in [-0.1, -0.05) is 11.8 Å². The lowest BCUT2D eigenvalue weighted by atomic mass is 10.1. The molecule has 18 heavy (non-hydrogen) atoms. The SMILES string of the molecule is Cn1c(SCCC#N)nnc1[C@@H]1CCS(=O)(=O)C1. The number of nitrogens with zero attached hydrogens (tertiary/aromatic N) is 4. The number of nitriles is 1. The molecule has 6 nitrogen and oxygen atoms in total. The van der Waals surface area contributed by atoms with Gasteiger partial charge in [-0.3, -0.25) is 0 Å². The van der Waals surface area contributed by atoms with Crippen LogP contribution in [0.15, 0.2) is 5.16 Å². The molecule has 0 aromatic carbocycles. The van der Waals surface area contributed by atoms with E-state index < -0.39 is 9.84 Å². The molecule has 1 atom stereocenters. The fourth-order valence-electron chi connectivity index (χ4n) is 1.99. The fourth-order valence-corrected chi connectivity index (χ4v) is 4.49. The normalized spacial score (nSPS) is 21.9. The molecule has 0 unspecified atom stereocenters. The molecule has 98 valence electrons. The second kappa shape index (κ2) is 5.28. The van der Waals surface area contributed by atoms with Crippen LogP contribution >= 0.6 is 11.8 Å². The van der Waals surface area contributed by atoms with E-state index in [9.17, 15) is 8.42 Å². The Kier molecular flexibility index (Phi) is 3.92. The Morgan fingerprint density at radius 2 is 2.33 bits per heavy atom. The summed E-state index contributed by atoms with van der Waals surface area (Å²) in [6, 6.07) is 2.07. The lowest BCUT2D eigenvalue weighted by Crippen LogP contribution is -2.09. The summed E-state index contributed by atoms with van der Waals surface area (Å²) >= 11 is 1.47. The molecule has 1 aromatic heterocycles. The molecule has 2 rings (SSSR count). The molecule has 0 N–H and O–H groups in total. The number of thioether (sulfide) groups is 1. The number of rotatable bonds is 4. The van der Waals surface area contributed by atoms with Crippen molar-refractivity contribution in [1.82, 2.24) is 14.8 Å². The van der Waals surface area contributed by atoms with Crippen LogP contribution in [0.3, 0.4) is 0 Å². The molecular formula is C10H14N4O2S2. The Labute approximate surface area is 110 Å². The Hall–Kier alpha value is -1.07. The molecule has 0 radical (unpaired) electrons. The van der Waals surface area contributed by atoms with Crippen molar-refractivity contribution >= 4 is 21.6 Å². The van der Waals surface area contributed by atoms with Crippen molar-refractivity contribution in [2.45, 2.75) is 23.9 Å². The van der Waals surface area contributed by atoms with Crippen molar-refractivity contribution in [2.24, 2.45) is 7.05 Å². The summed E-state index contributed by atoms with van der Waals surface area (Å²) in [4.78, 5) is 0. The number of aromatic nitrogens is 3. The van der Waals surface area contributed by atoms with E-state index in [1.54, 1.807) is 0 Å². The highest BCUT2D eigenvalue weighted by atomic mass is 32.2. The summed E-state index contributed by atoms with van der Waals surface area (Å²) in [5.74, 6) is 1.77. The molecular weight excluding hydrogens is 272 g/mol. The highest BCUT2D eigenvalue weighted by molar-refractivity contribution is 7.99. The van der Waals surface area contributed by atoms with Crippen LogP contribution in [0.2, 0.25) is 0 Å². The largest absolute Gasteiger partial charge is 0.309 e. The van der Waals surface area contributed by atoms with Crippen LogP contribution in [-0.4, -0.2) is 40.4 Å². The standard InChI is InChI=1S/C10H14N4O2S2/c1-14-9(8-3-6-18(15,16)7-8)12-13-10(14)17-5-2-4-11/h8H,2-3,5-7H2,1H3/t8-/m1/s1. The summed E-state index contributed by atoms with van der Waals surface area (Å²) < 4.78 is 24.7. The molecule has 1 fully saturated rings. The van der Waals surface area contributed by atoms with E-state index in [1.165, 1.54) is 11.8 Å². The summed E-state index contributed by atoms with van der Waals surface area (Å²) in [5, 5.41) is 17.4. The van der Waals surface area contributed by atoms with Gasteiger partial charge in [0.2, 0.25) is 0 Å². The van der Waals surface area contributed by atoms with Gasteiger partial charge in [0.25, 0.3) is 0 Å². The Morgan fingerprint density at radius 3 is 2.94 bits per heavy atom. The number of hydrogen-bond donors (Lipinski definition) is 0. The Morgan fingerprint density at radius 1 is 1.56 bits per heavy atom. The molecule has 8 heteroatoms. The van der Waals surface area contributed by atoms with E-state index in [1.807, 2.05) is 11.6 Å². The Balaban J connectivity index is 2.09. The van der Waals surface area contributed by atoms with Crippen molar-refractivity contribution < 1.29 is 8.42 Å². The lowest BCUT2D eigenvalue weighted by molar-refractivity contribution is 0.599. The van der Waals surface area contributed by atoms with Gasteiger partial charge >= 0.3 is 0 Å². The van der Waals surface area contributed by atoms with Crippen molar-refractivity contribution in [3.8, 4) is 6.07 Å². The average Bonchev–Trinajstić information content (AvgIpc) is 2.83. The predicted molar refractivity (Wildman–Crippen MR) is 68.0 cm³/mol. The first-order valence-corrected chi connectivity index (χ1v) is 8.43. The minimum Gasteiger partial charge on any atom is -0.309 e. The number of sulfone groups is 1. The van der Waals surface area contributed by atoms with E-state index in [0.717, 1.165) is 11.0 Å². The minimum absolute atomic E-state index is 0.0437. The second-order valence-corrected chi connectivity index (χ2v) is 7.55. The summed E-state index contributed by atoms with van der Waals surface area (Å²) in [7, 11) is -1.06. The van der Waals surface area contributed by atoms with Gasteiger partial charge in [-0.2, -0.15) is 5.26 Å².